The first-order chi connectivity index (χ1) is 12.8. The van der Waals surface area contributed by atoms with Gasteiger partial charge in [0.2, 0.25) is 0 Å². The Bertz CT molecular complexity index is 554. The smallest absolute Gasteiger partial charge is 0.108 e. The molecule has 2 fully saturated rings. The van der Waals surface area contributed by atoms with E-state index in [1.54, 1.807) is 6.92 Å². The molecule has 0 radical (unpaired) electrons. The van der Waals surface area contributed by atoms with Crippen LogP contribution < -0.4 is 0 Å². The minimum absolute atomic E-state index is 0.431. The first-order valence-corrected chi connectivity index (χ1v) is 13.6. The van der Waals surface area contributed by atoms with Gasteiger partial charge in [0, 0.05) is 5.92 Å². The SMILES string of the molecule is C=C(CC(C)C)/C(C)=C/C(=N\S1(C)CCC1)C1CCC(C)(F)CC1.CC(C)C. The summed E-state index contributed by atoms with van der Waals surface area (Å²) in [5, 5.41) is 0. The van der Waals surface area contributed by atoms with Crippen molar-refractivity contribution in [2.45, 2.75) is 92.7 Å². The van der Waals surface area contributed by atoms with Crippen molar-refractivity contribution < 1.29 is 4.39 Å². The molecular weight excluding hydrogens is 365 g/mol. The lowest BCUT2D eigenvalue weighted by atomic mass is 9.78. The van der Waals surface area contributed by atoms with E-state index < -0.39 is 15.9 Å². The molecule has 0 unspecified atom stereocenters. The molecule has 28 heavy (non-hydrogen) atoms. The monoisotopic (exact) mass is 411 g/mol. The number of rotatable bonds is 6. The largest absolute Gasteiger partial charge is 0.244 e. The van der Waals surface area contributed by atoms with E-state index in [9.17, 15) is 4.39 Å². The molecule has 164 valence electrons. The molecule has 0 N–H and O–H groups in total. The Morgan fingerprint density at radius 3 is 2.07 bits per heavy atom. The molecule has 1 aliphatic carbocycles. The molecule has 0 spiro atoms. The Labute approximate surface area is 176 Å². The van der Waals surface area contributed by atoms with Gasteiger partial charge in [0.1, 0.15) is 5.67 Å². The minimum atomic E-state index is -0.977. The quantitative estimate of drug-likeness (QED) is 0.308. The van der Waals surface area contributed by atoms with Gasteiger partial charge >= 0.3 is 0 Å². The Morgan fingerprint density at radius 2 is 1.68 bits per heavy atom. The van der Waals surface area contributed by atoms with E-state index in [1.807, 2.05) is 0 Å². The first-order valence-electron chi connectivity index (χ1n) is 11.2. The molecular formula is C25H46FNS. The fraction of sp³-hybridized carbons (Fsp3) is 0.800. The second-order valence-electron chi connectivity index (χ2n) is 10.4. The summed E-state index contributed by atoms with van der Waals surface area (Å²) in [6.07, 6.45) is 10.2. The zero-order valence-electron chi connectivity index (χ0n) is 19.9. The summed E-state index contributed by atoms with van der Waals surface area (Å²) in [6, 6.07) is 0. The van der Waals surface area contributed by atoms with E-state index in [1.165, 1.54) is 34.8 Å². The van der Waals surface area contributed by atoms with Crippen LogP contribution in [0.4, 0.5) is 4.39 Å². The van der Waals surface area contributed by atoms with Crippen LogP contribution in [-0.2, 0) is 0 Å². The van der Waals surface area contributed by atoms with Gasteiger partial charge in [0.05, 0.1) is 5.71 Å². The zero-order chi connectivity index (χ0) is 21.5. The third-order valence-electron chi connectivity index (χ3n) is 5.52. The highest BCUT2D eigenvalue weighted by Gasteiger charge is 2.34. The predicted molar refractivity (Wildman–Crippen MR) is 130 cm³/mol. The Kier molecular flexibility index (Phi) is 10.00. The van der Waals surface area contributed by atoms with Crippen LogP contribution in [0.15, 0.2) is 28.2 Å². The van der Waals surface area contributed by atoms with Gasteiger partial charge in [0.15, 0.2) is 0 Å². The van der Waals surface area contributed by atoms with Crippen LogP contribution in [0.1, 0.15) is 87.0 Å². The van der Waals surface area contributed by atoms with E-state index in [0.29, 0.717) is 24.7 Å². The lowest BCUT2D eigenvalue weighted by Gasteiger charge is -2.42. The third kappa shape index (κ3) is 9.29. The van der Waals surface area contributed by atoms with Gasteiger partial charge in [-0.05, 0) is 93.6 Å². The summed E-state index contributed by atoms with van der Waals surface area (Å²) in [5.41, 5.74) is 2.75. The Hall–Kier alpha value is -0.570. The maximum Gasteiger partial charge on any atom is 0.108 e. The van der Waals surface area contributed by atoms with Crippen LogP contribution >= 0.6 is 10.2 Å². The zero-order valence-corrected chi connectivity index (χ0v) is 20.7. The summed E-state index contributed by atoms with van der Waals surface area (Å²) >= 11 is 0. The molecule has 0 aromatic heterocycles. The van der Waals surface area contributed by atoms with Crippen molar-refractivity contribution in [2.75, 3.05) is 17.8 Å². The van der Waals surface area contributed by atoms with Crippen LogP contribution in [-0.4, -0.2) is 29.1 Å². The fourth-order valence-corrected chi connectivity index (χ4v) is 5.64. The number of halogens is 1. The van der Waals surface area contributed by atoms with Crippen molar-refractivity contribution in [1.29, 1.82) is 0 Å². The number of nitrogens with zero attached hydrogens (tertiary/aromatic N) is 1. The highest BCUT2D eigenvalue weighted by molar-refractivity contribution is 8.33. The van der Waals surface area contributed by atoms with Gasteiger partial charge in [-0.3, -0.25) is 0 Å². The molecule has 0 bridgehead atoms. The average molecular weight is 412 g/mol. The van der Waals surface area contributed by atoms with Gasteiger partial charge in [0.25, 0.3) is 0 Å². The maximum absolute atomic E-state index is 14.2. The van der Waals surface area contributed by atoms with Crippen molar-refractivity contribution in [1.82, 2.24) is 0 Å². The van der Waals surface area contributed by atoms with Gasteiger partial charge in [-0.25, -0.2) is 8.79 Å². The average Bonchev–Trinajstić information content (AvgIpc) is 2.51. The third-order valence-corrected chi connectivity index (χ3v) is 8.51. The topological polar surface area (TPSA) is 12.4 Å². The molecule has 1 saturated heterocycles. The predicted octanol–water partition coefficient (Wildman–Crippen LogP) is 8.31. The second-order valence-corrected chi connectivity index (χ2v) is 13.9. The van der Waals surface area contributed by atoms with Crippen LogP contribution in [0.25, 0.3) is 0 Å². The van der Waals surface area contributed by atoms with Crippen molar-refractivity contribution >= 4 is 15.9 Å². The van der Waals surface area contributed by atoms with Crippen LogP contribution in [0.2, 0.25) is 0 Å². The van der Waals surface area contributed by atoms with Crippen molar-refractivity contribution in [3.63, 3.8) is 0 Å². The van der Waals surface area contributed by atoms with Gasteiger partial charge in [-0.15, -0.1) is 10.2 Å². The molecule has 2 rings (SSSR count). The van der Waals surface area contributed by atoms with Crippen LogP contribution in [0.3, 0.4) is 0 Å². The van der Waals surface area contributed by atoms with Crippen molar-refractivity contribution in [3.05, 3.63) is 23.8 Å². The molecule has 1 heterocycles. The fourth-order valence-electron chi connectivity index (χ4n) is 3.62. The molecule has 3 heteroatoms. The van der Waals surface area contributed by atoms with Gasteiger partial charge < -0.3 is 0 Å². The standard InChI is InChI=1S/C21H36FNS.C4H10/c1-16(2)14-17(3)18(4)15-20(23-24(6)12-7-13-24)19-8-10-21(5,22)11-9-19;1-4(2)3/h15-16,19H,3,7-14H2,1-2,4-6H3;4H,1-3H3/b18-15+,23-20+;. The summed E-state index contributed by atoms with van der Waals surface area (Å²) < 4.78 is 19.4. The van der Waals surface area contributed by atoms with Crippen molar-refractivity contribution in [3.8, 4) is 0 Å². The highest BCUT2D eigenvalue weighted by atomic mass is 32.3. The number of alkyl halides is 1. The molecule has 1 nitrogen and oxygen atoms in total. The lowest BCUT2D eigenvalue weighted by molar-refractivity contribution is 0.118. The molecule has 1 saturated carbocycles. The van der Waals surface area contributed by atoms with E-state index in [2.05, 4.69) is 60.5 Å². The van der Waals surface area contributed by atoms with E-state index in [0.717, 1.165) is 25.2 Å². The number of allylic oxidation sites excluding steroid dienone is 3. The summed E-state index contributed by atoms with van der Waals surface area (Å²) in [7, 11) is -0.791. The normalized spacial score (nSPS) is 29.0. The lowest BCUT2D eigenvalue weighted by Crippen LogP contribution is -2.30. The van der Waals surface area contributed by atoms with Gasteiger partial charge in [-0.1, -0.05) is 46.8 Å². The summed E-state index contributed by atoms with van der Waals surface area (Å²) in [4.78, 5) is 0. The molecule has 2 aliphatic rings. The Morgan fingerprint density at radius 1 is 1.18 bits per heavy atom. The van der Waals surface area contributed by atoms with Gasteiger partial charge in [-0.2, -0.15) is 0 Å². The Balaban J connectivity index is 0.000000892. The van der Waals surface area contributed by atoms with E-state index in [-0.39, 0.29) is 0 Å². The van der Waals surface area contributed by atoms with E-state index >= 15 is 0 Å². The second kappa shape index (κ2) is 11.0. The number of hydrogen-bond acceptors (Lipinski definition) is 1. The molecule has 0 aromatic carbocycles. The first kappa shape index (κ1) is 25.5. The van der Waals surface area contributed by atoms with Crippen LogP contribution in [0.5, 0.6) is 0 Å². The number of hydrogen-bond donors (Lipinski definition) is 0. The minimum Gasteiger partial charge on any atom is -0.244 e. The highest BCUT2D eigenvalue weighted by Crippen LogP contribution is 2.55. The molecule has 1 aliphatic heterocycles. The molecule has 0 amide bonds. The summed E-state index contributed by atoms with van der Waals surface area (Å²) in [6.45, 7) is 19.2. The molecule has 0 aromatic rings. The molecule has 0 atom stereocenters. The van der Waals surface area contributed by atoms with Crippen LogP contribution in [0, 0.1) is 17.8 Å². The maximum atomic E-state index is 14.2. The summed E-state index contributed by atoms with van der Waals surface area (Å²) in [5.74, 6) is 4.42. The van der Waals surface area contributed by atoms with Crippen molar-refractivity contribution in [2.24, 2.45) is 22.2 Å². The van der Waals surface area contributed by atoms with E-state index in [4.69, 9.17) is 4.40 Å².